The zero-order valence-corrected chi connectivity index (χ0v) is 12.0. The molecule has 0 bridgehead atoms. The third-order valence-electron chi connectivity index (χ3n) is 3.06. The van der Waals surface area contributed by atoms with E-state index in [0.29, 0.717) is 22.3 Å². The predicted molar refractivity (Wildman–Crippen MR) is 83.0 cm³/mol. The maximum atomic E-state index is 6.14. The molecule has 0 aliphatic rings. The van der Waals surface area contributed by atoms with Crippen molar-refractivity contribution in [1.82, 2.24) is 19.5 Å². The number of rotatable bonds is 3. The van der Waals surface area contributed by atoms with E-state index in [2.05, 4.69) is 20.3 Å². The number of aromatic nitrogens is 4. The number of nitrogens with two attached hydrogens (primary N) is 1. The summed E-state index contributed by atoms with van der Waals surface area (Å²) in [4.78, 5) is 12.4. The number of anilines is 3. The molecular formula is C14H13ClN6. The van der Waals surface area contributed by atoms with Gasteiger partial charge in [-0.15, -0.1) is 0 Å². The highest BCUT2D eigenvalue weighted by Gasteiger charge is 2.10. The van der Waals surface area contributed by atoms with Crippen LogP contribution in [-0.4, -0.2) is 19.5 Å². The van der Waals surface area contributed by atoms with Crippen LogP contribution in [0.3, 0.4) is 0 Å². The molecule has 0 aliphatic heterocycles. The number of hydrogen-bond donors (Lipinski definition) is 2. The summed E-state index contributed by atoms with van der Waals surface area (Å²) in [5.41, 5.74) is 8.48. The maximum Gasteiger partial charge on any atom is 0.166 e. The van der Waals surface area contributed by atoms with Gasteiger partial charge in [0.1, 0.15) is 18.3 Å². The largest absolute Gasteiger partial charge is 0.393 e. The summed E-state index contributed by atoms with van der Waals surface area (Å²) in [6.07, 6.45) is 6.52. The lowest BCUT2D eigenvalue weighted by Crippen LogP contribution is -2.07. The third-order valence-corrected chi connectivity index (χ3v) is 3.30. The van der Waals surface area contributed by atoms with Crippen molar-refractivity contribution in [3.05, 3.63) is 53.8 Å². The molecule has 2 aromatic heterocycles. The lowest BCUT2D eigenvalue weighted by Gasteiger charge is -2.13. The van der Waals surface area contributed by atoms with Crippen molar-refractivity contribution in [2.45, 2.75) is 6.92 Å². The van der Waals surface area contributed by atoms with E-state index in [0.717, 1.165) is 11.3 Å². The van der Waals surface area contributed by atoms with Crippen molar-refractivity contribution in [1.29, 1.82) is 0 Å². The summed E-state index contributed by atoms with van der Waals surface area (Å²) in [6.45, 7) is 1.98. The standard InChI is InChI=1S/C14H13ClN6/c1-9-2-3-10(15)6-11(9)20-13-12(16)14(19-7-18-13)21-5-4-17-8-21/h2-8H,16H2,1H3,(H,18,19,20). The molecule has 3 aromatic rings. The van der Waals surface area contributed by atoms with Crippen LogP contribution >= 0.6 is 11.6 Å². The van der Waals surface area contributed by atoms with Gasteiger partial charge in [-0.2, -0.15) is 0 Å². The van der Waals surface area contributed by atoms with Crippen LogP contribution < -0.4 is 11.1 Å². The number of aryl methyl sites for hydroxylation is 1. The first-order valence-corrected chi connectivity index (χ1v) is 6.65. The Morgan fingerprint density at radius 2 is 2.14 bits per heavy atom. The zero-order valence-electron chi connectivity index (χ0n) is 11.3. The molecule has 2 heterocycles. The molecule has 6 nitrogen and oxygen atoms in total. The van der Waals surface area contributed by atoms with Crippen molar-refractivity contribution in [3.8, 4) is 5.82 Å². The number of nitrogens with zero attached hydrogens (tertiary/aromatic N) is 4. The van der Waals surface area contributed by atoms with Crippen LogP contribution in [0.4, 0.5) is 17.2 Å². The number of halogens is 1. The van der Waals surface area contributed by atoms with E-state index in [-0.39, 0.29) is 0 Å². The van der Waals surface area contributed by atoms with Crippen molar-refractivity contribution >= 4 is 28.8 Å². The first kappa shape index (κ1) is 13.4. The van der Waals surface area contributed by atoms with Crippen LogP contribution in [0.5, 0.6) is 0 Å². The number of hydrogen-bond acceptors (Lipinski definition) is 5. The van der Waals surface area contributed by atoms with Gasteiger partial charge in [0.05, 0.1) is 0 Å². The first-order chi connectivity index (χ1) is 10.1. The molecule has 0 spiro atoms. The van der Waals surface area contributed by atoms with Gasteiger partial charge in [-0.05, 0) is 24.6 Å². The number of nitrogen functional groups attached to an aromatic ring is 1. The fourth-order valence-corrected chi connectivity index (χ4v) is 2.10. The smallest absolute Gasteiger partial charge is 0.166 e. The first-order valence-electron chi connectivity index (χ1n) is 6.27. The molecule has 1 aromatic carbocycles. The average Bonchev–Trinajstić information content (AvgIpc) is 2.99. The van der Waals surface area contributed by atoms with Gasteiger partial charge in [-0.25, -0.2) is 15.0 Å². The van der Waals surface area contributed by atoms with E-state index < -0.39 is 0 Å². The summed E-state index contributed by atoms with van der Waals surface area (Å²) in [5, 5.41) is 3.83. The minimum atomic E-state index is 0.440. The number of imidazole rings is 1. The van der Waals surface area contributed by atoms with Crippen molar-refractivity contribution in [3.63, 3.8) is 0 Å². The van der Waals surface area contributed by atoms with E-state index >= 15 is 0 Å². The monoisotopic (exact) mass is 300 g/mol. The fourth-order valence-electron chi connectivity index (χ4n) is 1.93. The topological polar surface area (TPSA) is 81.7 Å². The van der Waals surface area contributed by atoms with Gasteiger partial charge in [-0.1, -0.05) is 17.7 Å². The summed E-state index contributed by atoms with van der Waals surface area (Å²) in [7, 11) is 0. The molecule has 21 heavy (non-hydrogen) atoms. The normalized spacial score (nSPS) is 10.6. The molecular weight excluding hydrogens is 288 g/mol. The van der Waals surface area contributed by atoms with Crippen LogP contribution in [0.2, 0.25) is 5.02 Å². The van der Waals surface area contributed by atoms with Gasteiger partial charge in [0.25, 0.3) is 0 Å². The summed E-state index contributed by atoms with van der Waals surface area (Å²) < 4.78 is 1.73. The summed E-state index contributed by atoms with van der Waals surface area (Å²) in [6, 6.07) is 5.59. The lowest BCUT2D eigenvalue weighted by molar-refractivity contribution is 0.977. The van der Waals surface area contributed by atoms with Crippen LogP contribution in [0.25, 0.3) is 5.82 Å². The number of benzene rings is 1. The second kappa shape index (κ2) is 5.41. The van der Waals surface area contributed by atoms with Gasteiger partial charge >= 0.3 is 0 Å². The van der Waals surface area contributed by atoms with Crippen LogP contribution in [0.15, 0.2) is 43.2 Å². The predicted octanol–water partition coefficient (Wildman–Crippen LogP) is 2.95. The minimum Gasteiger partial charge on any atom is -0.393 e. The van der Waals surface area contributed by atoms with Gasteiger partial charge in [-0.3, -0.25) is 4.57 Å². The Labute approximate surface area is 126 Å². The zero-order chi connectivity index (χ0) is 14.8. The van der Waals surface area contributed by atoms with Gasteiger partial charge < -0.3 is 11.1 Å². The molecule has 0 radical (unpaired) electrons. The van der Waals surface area contributed by atoms with Crippen molar-refractivity contribution < 1.29 is 0 Å². The Bertz CT molecular complexity index is 769. The Hall–Kier alpha value is -2.60. The molecule has 106 valence electrons. The Balaban J connectivity index is 2.00. The van der Waals surface area contributed by atoms with E-state index in [1.165, 1.54) is 6.33 Å². The summed E-state index contributed by atoms with van der Waals surface area (Å²) >= 11 is 6.02. The maximum absolute atomic E-state index is 6.14. The third kappa shape index (κ3) is 2.66. The lowest BCUT2D eigenvalue weighted by atomic mass is 10.2. The highest BCUT2D eigenvalue weighted by atomic mass is 35.5. The molecule has 0 saturated carbocycles. The van der Waals surface area contributed by atoms with Crippen LogP contribution in [0, 0.1) is 6.92 Å². The van der Waals surface area contributed by atoms with E-state index in [1.807, 2.05) is 25.1 Å². The molecule has 3 rings (SSSR count). The molecule has 0 aliphatic carbocycles. The molecule has 0 atom stereocenters. The minimum absolute atomic E-state index is 0.440. The van der Waals surface area contributed by atoms with E-state index in [1.54, 1.807) is 23.3 Å². The van der Waals surface area contributed by atoms with Crippen LogP contribution in [0.1, 0.15) is 5.56 Å². The Kier molecular flexibility index (Phi) is 3.45. The molecule has 7 heteroatoms. The second-order valence-electron chi connectivity index (χ2n) is 4.51. The van der Waals surface area contributed by atoms with Gasteiger partial charge in [0.15, 0.2) is 11.6 Å². The molecule has 3 N–H and O–H groups in total. The Morgan fingerprint density at radius 3 is 2.90 bits per heavy atom. The highest BCUT2D eigenvalue weighted by Crippen LogP contribution is 2.28. The van der Waals surface area contributed by atoms with E-state index in [9.17, 15) is 0 Å². The molecule has 0 amide bonds. The second-order valence-corrected chi connectivity index (χ2v) is 4.95. The Morgan fingerprint density at radius 1 is 1.29 bits per heavy atom. The van der Waals surface area contributed by atoms with Crippen LogP contribution in [-0.2, 0) is 0 Å². The van der Waals surface area contributed by atoms with Gasteiger partial charge in [0, 0.05) is 23.1 Å². The van der Waals surface area contributed by atoms with Crippen molar-refractivity contribution in [2.24, 2.45) is 0 Å². The van der Waals surface area contributed by atoms with Gasteiger partial charge in [0.2, 0.25) is 0 Å². The molecule has 0 fully saturated rings. The molecule has 0 unspecified atom stereocenters. The highest BCUT2D eigenvalue weighted by molar-refractivity contribution is 6.30. The van der Waals surface area contributed by atoms with E-state index in [4.69, 9.17) is 17.3 Å². The molecule has 0 saturated heterocycles. The SMILES string of the molecule is Cc1ccc(Cl)cc1Nc1ncnc(-n2ccnc2)c1N. The average molecular weight is 301 g/mol. The number of nitrogens with one attached hydrogen (secondary N) is 1. The quantitative estimate of drug-likeness (QED) is 0.777. The fraction of sp³-hybridized carbons (Fsp3) is 0.0714. The van der Waals surface area contributed by atoms with Crippen molar-refractivity contribution in [2.75, 3.05) is 11.1 Å². The summed E-state index contributed by atoms with van der Waals surface area (Å²) in [5.74, 6) is 1.10.